The van der Waals surface area contributed by atoms with Gasteiger partial charge in [-0.1, -0.05) is 17.7 Å². The molecular weight excluding hydrogens is 277 g/mol. The molecule has 0 aromatic heterocycles. The summed E-state index contributed by atoms with van der Waals surface area (Å²) in [5, 5.41) is 0.703. The first-order valence-electron chi connectivity index (χ1n) is 4.84. The zero-order chi connectivity index (χ0) is 11.3. The number of methoxy groups -OCH3 is 1. The lowest BCUT2D eigenvalue weighted by atomic mass is 10.0. The van der Waals surface area contributed by atoms with Crippen LogP contribution in [-0.2, 0) is 4.74 Å². The number of hydrogen-bond acceptors (Lipinski definition) is 2. The highest BCUT2D eigenvalue weighted by molar-refractivity contribution is 9.10. The second-order valence-corrected chi connectivity index (χ2v) is 4.68. The highest BCUT2D eigenvalue weighted by Crippen LogP contribution is 2.26. The van der Waals surface area contributed by atoms with E-state index in [0.717, 1.165) is 29.5 Å². The van der Waals surface area contributed by atoms with Crippen molar-refractivity contribution in [2.75, 3.05) is 13.7 Å². The van der Waals surface area contributed by atoms with Crippen molar-refractivity contribution >= 4 is 27.5 Å². The number of hydrogen-bond donors (Lipinski definition) is 1. The molecule has 0 aliphatic carbocycles. The van der Waals surface area contributed by atoms with Crippen LogP contribution in [0.15, 0.2) is 22.7 Å². The Kier molecular flexibility index (Phi) is 5.61. The fourth-order valence-corrected chi connectivity index (χ4v) is 1.79. The van der Waals surface area contributed by atoms with Crippen LogP contribution in [-0.4, -0.2) is 13.7 Å². The molecule has 0 saturated carbocycles. The van der Waals surface area contributed by atoms with E-state index in [9.17, 15) is 0 Å². The van der Waals surface area contributed by atoms with Crippen molar-refractivity contribution in [2.45, 2.75) is 18.9 Å². The molecule has 2 nitrogen and oxygen atoms in total. The first-order chi connectivity index (χ1) is 7.15. The van der Waals surface area contributed by atoms with Crippen LogP contribution in [0.1, 0.15) is 24.4 Å². The van der Waals surface area contributed by atoms with Gasteiger partial charge in [-0.15, -0.1) is 0 Å². The van der Waals surface area contributed by atoms with Gasteiger partial charge in [0.25, 0.3) is 0 Å². The van der Waals surface area contributed by atoms with Crippen molar-refractivity contribution in [1.82, 2.24) is 0 Å². The first-order valence-corrected chi connectivity index (χ1v) is 6.01. The average Bonchev–Trinajstić information content (AvgIpc) is 2.22. The van der Waals surface area contributed by atoms with Crippen LogP contribution in [0.25, 0.3) is 0 Å². The Morgan fingerprint density at radius 2 is 2.27 bits per heavy atom. The van der Waals surface area contributed by atoms with Crippen molar-refractivity contribution in [2.24, 2.45) is 5.73 Å². The lowest BCUT2D eigenvalue weighted by Crippen LogP contribution is -2.11. The number of nitrogens with two attached hydrogens (primary N) is 1. The Labute approximate surface area is 104 Å². The third-order valence-corrected chi connectivity index (χ3v) is 3.47. The molecule has 0 radical (unpaired) electrons. The van der Waals surface area contributed by atoms with Crippen molar-refractivity contribution in [1.29, 1.82) is 0 Å². The third-order valence-electron chi connectivity index (χ3n) is 2.24. The average molecular weight is 293 g/mol. The molecule has 0 fully saturated rings. The van der Waals surface area contributed by atoms with Crippen LogP contribution in [0.2, 0.25) is 5.02 Å². The smallest absolute Gasteiger partial charge is 0.0551 e. The number of rotatable bonds is 5. The molecule has 0 saturated heterocycles. The SMILES string of the molecule is COCCCC(N)c1ccc(Br)c(Cl)c1. The molecule has 0 bridgehead atoms. The van der Waals surface area contributed by atoms with E-state index >= 15 is 0 Å². The van der Waals surface area contributed by atoms with E-state index in [2.05, 4.69) is 15.9 Å². The summed E-state index contributed by atoms with van der Waals surface area (Å²) in [6.45, 7) is 0.748. The monoisotopic (exact) mass is 291 g/mol. The highest BCUT2D eigenvalue weighted by atomic mass is 79.9. The molecular formula is C11H15BrClNO. The quantitative estimate of drug-likeness (QED) is 0.843. The van der Waals surface area contributed by atoms with Crippen molar-refractivity contribution in [3.05, 3.63) is 33.3 Å². The van der Waals surface area contributed by atoms with Gasteiger partial charge in [0.05, 0.1) is 5.02 Å². The zero-order valence-corrected chi connectivity index (χ0v) is 11.0. The van der Waals surface area contributed by atoms with Gasteiger partial charge in [-0.05, 0) is 46.5 Å². The summed E-state index contributed by atoms with van der Waals surface area (Å²) in [6, 6.07) is 5.86. The summed E-state index contributed by atoms with van der Waals surface area (Å²) >= 11 is 9.34. The zero-order valence-electron chi connectivity index (χ0n) is 8.67. The highest BCUT2D eigenvalue weighted by Gasteiger charge is 2.07. The van der Waals surface area contributed by atoms with Gasteiger partial charge in [-0.25, -0.2) is 0 Å². The number of ether oxygens (including phenoxy) is 1. The number of halogens is 2. The van der Waals surface area contributed by atoms with E-state index < -0.39 is 0 Å². The third kappa shape index (κ3) is 4.11. The summed E-state index contributed by atoms with van der Waals surface area (Å²) in [5.41, 5.74) is 7.09. The molecule has 1 rings (SSSR count). The Bertz CT molecular complexity index is 319. The maximum atomic E-state index is 6.03. The molecule has 4 heteroatoms. The van der Waals surface area contributed by atoms with Crippen LogP contribution < -0.4 is 5.73 Å². The van der Waals surface area contributed by atoms with Gasteiger partial charge in [-0.3, -0.25) is 0 Å². The van der Waals surface area contributed by atoms with Crippen molar-refractivity contribution in [3.63, 3.8) is 0 Å². The molecule has 84 valence electrons. The molecule has 0 heterocycles. The summed E-state index contributed by atoms with van der Waals surface area (Å²) in [6.07, 6.45) is 1.87. The Balaban J connectivity index is 2.57. The maximum absolute atomic E-state index is 6.03. The lowest BCUT2D eigenvalue weighted by Gasteiger charge is -2.12. The van der Waals surface area contributed by atoms with Gasteiger partial charge in [-0.2, -0.15) is 0 Å². The van der Waals surface area contributed by atoms with E-state index in [-0.39, 0.29) is 6.04 Å². The predicted molar refractivity (Wildman–Crippen MR) is 67.2 cm³/mol. The Morgan fingerprint density at radius 1 is 1.53 bits per heavy atom. The first kappa shape index (κ1) is 13.0. The normalized spacial score (nSPS) is 12.8. The van der Waals surface area contributed by atoms with Crippen molar-refractivity contribution in [3.8, 4) is 0 Å². The summed E-state index contributed by atoms with van der Waals surface area (Å²) in [4.78, 5) is 0. The van der Waals surface area contributed by atoms with Gasteiger partial charge in [0.15, 0.2) is 0 Å². The van der Waals surface area contributed by atoms with Gasteiger partial charge < -0.3 is 10.5 Å². The summed E-state index contributed by atoms with van der Waals surface area (Å²) in [7, 11) is 1.70. The molecule has 1 aromatic rings. The maximum Gasteiger partial charge on any atom is 0.0551 e. The van der Waals surface area contributed by atoms with Crippen molar-refractivity contribution < 1.29 is 4.74 Å². The standard InChI is InChI=1S/C11H15BrClNO/c1-15-6-2-3-11(14)8-4-5-9(12)10(13)7-8/h4-5,7,11H,2-3,6,14H2,1H3. The van der Waals surface area contributed by atoms with Crippen LogP contribution in [0.4, 0.5) is 0 Å². The molecule has 1 aromatic carbocycles. The topological polar surface area (TPSA) is 35.2 Å². The van der Waals surface area contributed by atoms with Gasteiger partial charge >= 0.3 is 0 Å². The molecule has 2 N–H and O–H groups in total. The molecule has 15 heavy (non-hydrogen) atoms. The lowest BCUT2D eigenvalue weighted by molar-refractivity contribution is 0.190. The minimum absolute atomic E-state index is 0.0331. The molecule has 1 atom stereocenters. The Hall–Kier alpha value is -0.0900. The molecule has 0 aliphatic heterocycles. The molecule has 0 spiro atoms. The van der Waals surface area contributed by atoms with E-state index in [0.29, 0.717) is 5.02 Å². The predicted octanol–water partition coefficient (Wildman–Crippen LogP) is 3.53. The molecule has 1 unspecified atom stereocenters. The number of benzene rings is 1. The van der Waals surface area contributed by atoms with Crippen LogP contribution >= 0.6 is 27.5 Å². The van der Waals surface area contributed by atoms with Gasteiger partial charge in [0, 0.05) is 24.2 Å². The fraction of sp³-hybridized carbons (Fsp3) is 0.455. The van der Waals surface area contributed by atoms with Gasteiger partial charge in [0.1, 0.15) is 0 Å². The van der Waals surface area contributed by atoms with Crippen LogP contribution in [0, 0.1) is 0 Å². The van der Waals surface area contributed by atoms with E-state index in [1.807, 2.05) is 18.2 Å². The largest absolute Gasteiger partial charge is 0.385 e. The van der Waals surface area contributed by atoms with E-state index in [4.69, 9.17) is 22.1 Å². The fourth-order valence-electron chi connectivity index (χ4n) is 1.36. The summed E-state index contributed by atoms with van der Waals surface area (Å²) < 4.78 is 5.88. The van der Waals surface area contributed by atoms with Crippen LogP contribution in [0.3, 0.4) is 0 Å². The molecule has 0 aliphatic rings. The van der Waals surface area contributed by atoms with Crippen LogP contribution in [0.5, 0.6) is 0 Å². The van der Waals surface area contributed by atoms with Gasteiger partial charge in [0.2, 0.25) is 0 Å². The van der Waals surface area contributed by atoms with E-state index in [1.54, 1.807) is 7.11 Å². The minimum atomic E-state index is 0.0331. The second kappa shape index (κ2) is 6.48. The molecule has 0 amide bonds. The van der Waals surface area contributed by atoms with E-state index in [1.165, 1.54) is 0 Å². The summed E-state index contributed by atoms with van der Waals surface area (Å²) in [5.74, 6) is 0. The second-order valence-electron chi connectivity index (χ2n) is 3.42. The Morgan fingerprint density at radius 3 is 2.87 bits per heavy atom. The minimum Gasteiger partial charge on any atom is -0.385 e.